The van der Waals surface area contributed by atoms with Gasteiger partial charge in [0.15, 0.2) is 12.4 Å². The molecule has 0 amide bonds. The van der Waals surface area contributed by atoms with Crippen molar-refractivity contribution in [1.29, 1.82) is 0 Å². The smallest absolute Gasteiger partial charge is 0.249 e. The predicted octanol–water partition coefficient (Wildman–Crippen LogP) is 4.41. The second kappa shape index (κ2) is 6.92. The number of hydrogen-bond donors (Lipinski definition) is 0. The SMILES string of the molecule is CC[N+]1(C)CN(CCc2cccc3ccccc23)C2=C1C(=O)c1ccccc1C2=O. The molecule has 0 N–H and O–H groups in total. The lowest BCUT2D eigenvalue weighted by Gasteiger charge is -2.30. The number of carbonyl (C=O) groups is 2. The number of rotatable bonds is 4. The molecule has 1 heterocycles. The summed E-state index contributed by atoms with van der Waals surface area (Å²) in [5.74, 6) is -0.0226. The lowest BCUT2D eigenvalue weighted by atomic mass is 9.89. The van der Waals surface area contributed by atoms with Gasteiger partial charge in [0.1, 0.15) is 0 Å². The minimum atomic E-state index is -0.0200. The summed E-state index contributed by atoms with van der Waals surface area (Å²) < 4.78 is 0.476. The van der Waals surface area contributed by atoms with E-state index in [0.717, 1.165) is 13.0 Å². The first-order valence-corrected chi connectivity index (χ1v) is 10.5. The van der Waals surface area contributed by atoms with Crippen molar-refractivity contribution >= 4 is 22.3 Å². The van der Waals surface area contributed by atoms with Gasteiger partial charge in [-0.2, -0.15) is 0 Å². The number of quaternary nitrogens is 1. The third-order valence-corrected chi connectivity index (χ3v) is 6.64. The Morgan fingerprint density at radius 2 is 1.53 bits per heavy atom. The summed E-state index contributed by atoms with van der Waals surface area (Å²) in [4.78, 5) is 28.9. The highest BCUT2D eigenvalue weighted by molar-refractivity contribution is 6.26. The topological polar surface area (TPSA) is 37.4 Å². The van der Waals surface area contributed by atoms with Crippen LogP contribution in [0.15, 0.2) is 78.1 Å². The van der Waals surface area contributed by atoms with E-state index in [1.807, 2.05) is 12.1 Å². The van der Waals surface area contributed by atoms with E-state index in [0.29, 0.717) is 40.2 Å². The van der Waals surface area contributed by atoms with Crippen LogP contribution in [0, 0.1) is 0 Å². The molecule has 1 unspecified atom stereocenters. The first kappa shape index (κ1) is 18.8. The van der Waals surface area contributed by atoms with Gasteiger partial charge in [-0.25, -0.2) is 0 Å². The molecule has 5 rings (SSSR count). The molecular weight excluding hydrogens is 372 g/mol. The molecule has 150 valence electrons. The van der Waals surface area contributed by atoms with Crippen molar-refractivity contribution in [2.24, 2.45) is 0 Å². The van der Waals surface area contributed by atoms with E-state index in [9.17, 15) is 9.59 Å². The van der Waals surface area contributed by atoms with Crippen LogP contribution in [0.3, 0.4) is 0 Å². The van der Waals surface area contributed by atoms with Crippen molar-refractivity contribution in [2.75, 3.05) is 26.8 Å². The molecule has 3 aromatic rings. The summed E-state index contributed by atoms with van der Waals surface area (Å²) in [6, 6.07) is 22.0. The number of fused-ring (bicyclic) bond motifs is 2. The normalized spacial score (nSPS) is 20.7. The standard InChI is InChI=1S/C26H25N2O2/c1-3-28(2)17-27(16-15-19-11-8-10-18-9-4-5-12-20(18)19)23-24(28)26(30)22-14-7-6-13-21(22)25(23)29/h4-14H,3,15-17H2,1-2H3/q+1. The maximum Gasteiger partial charge on any atom is 0.249 e. The van der Waals surface area contributed by atoms with Gasteiger partial charge in [0.25, 0.3) is 0 Å². The summed E-state index contributed by atoms with van der Waals surface area (Å²) in [7, 11) is 2.06. The zero-order valence-corrected chi connectivity index (χ0v) is 17.4. The second-order valence-electron chi connectivity index (χ2n) is 8.41. The van der Waals surface area contributed by atoms with E-state index in [1.54, 1.807) is 12.1 Å². The Morgan fingerprint density at radius 1 is 0.867 bits per heavy atom. The fourth-order valence-corrected chi connectivity index (χ4v) is 4.87. The first-order valence-electron chi connectivity index (χ1n) is 10.5. The van der Waals surface area contributed by atoms with E-state index in [-0.39, 0.29) is 11.6 Å². The summed E-state index contributed by atoms with van der Waals surface area (Å²) in [5, 5.41) is 2.47. The number of hydrogen-bond acceptors (Lipinski definition) is 3. The van der Waals surface area contributed by atoms with Crippen LogP contribution in [-0.2, 0) is 6.42 Å². The number of benzene rings is 3. The van der Waals surface area contributed by atoms with Gasteiger partial charge in [-0.15, -0.1) is 0 Å². The molecule has 0 fully saturated rings. The Kier molecular flexibility index (Phi) is 4.33. The van der Waals surface area contributed by atoms with E-state index in [1.165, 1.54) is 16.3 Å². The molecule has 4 heteroatoms. The Balaban J connectivity index is 1.52. The van der Waals surface area contributed by atoms with Crippen LogP contribution >= 0.6 is 0 Å². The third kappa shape index (κ3) is 2.71. The van der Waals surface area contributed by atoms with Gasteiger partial charge in [-0.3, -0.25) is 14.1 Å². The van der Waals surface area contributed by atoms with Crippen molar-refractivity contribution in [2.45, 2.75) is 13.3 Å². The number of Topliss-reactive ketones (excluding diaryl/α,β-unsaturated/α-hetero) is 2. The Bertz CT molecular complexity index is 1220. The van der Waals surface area contributed by atoms with Gasteiger partial charge in [0, 0.05) is 17.7 Å². The second-order valence-corrected chi connectivity index (χ2v) is 8.41. The summed E-state index contributed by atoms with van der Waals surface area (Å²) >= 11 is 0. The Hall–Kier alpha value is -3.24. The fourth-order valence-electron chi connectivity index (χ4n) is 4.87. The first-order chi connectivity index (χ1) is 14.5. The van der Waals surface area contributed by atoms with Gasteiger partial charge in [-0.1, -0.05) is 66.7 Å². The minimum Gasteiger partial charge on any atom is -0.316 e. The molecule has 2 aliphatic rings. The molecule has 0 saturated carbocycles. The van der Waals surface area contributed by atoms with E-state index in [2.05, 4.69) is 61.3 Å². The zero-order chi connectivity index (χ0) is 20.9. The summed E-state index contributed by atoms with van der Waals surface area (Å²) in [6.07, 6.45) is 0.824. The number of ketones is 2. The van der Waals surface area contributed by atoms with Crippen LogP contribution in [0.2, 0.25) is 0 Å². The average Bonchev–Trinajstić information content (AvgIpc) is 3.09. The Morgan fingerprint density at radius 3 is 2.30 bits per heavy atom. The van der Waals surface area contributed by atoms with Crippen molar-refractivity contribution in [3.8, 4) is 0 Å². The molecule has 0 spiro atoms. The largest absolute Gasteiger partial charge is 0.316 e. The molecule has 1 aliphatic carbocycles. The minimum absolute atomic E-state index is 0.00258. The van der Waals surface area contributed by atoms with Gasteiger partial charge >= 0.3 is 0 Å². The van der Waals surface area contributed by atoms with E-state index >= 15 is 0 Å². The van der Waals surface area contributed by atoms with Crippen molar-refractivity contribution in [3.63, 3.8) is 0 Å². The average molecular weight is 397 g/mol. The molecular formula is C26H25N2O2+. The molecule has 0 bridgehead atoms. The van der Waals surface area contributed by atoms with Crippen molar-refractivity contribution < 1.29 is 14.1 Å². The lowest BCUT2D eigenvalue weighted by Crippen LogP contribution is -2.46. The maximum atomic E-state index is 13.4. The van der Waals surface area contributed by atoms with E-state index in [4.69, 9.17) is 0 Å². The lowest BCUT2D eigenvalue weighted by molar-refractivity contribution is -0.867. The molecule has 30 heavy (non-hydrogen) atoms. The molecule has 0 aromatic heterocycles. The molecule has 0 saturated heterocycles. The van der Waals surface area contributed by atoms with Crippen molar-refractivity contribution in [1.82, 2.24) is 4.90 Å². The van der Waals surface area contributed by atoms with Gasteiger partial charge in [-0.05, 0) is 29.7 Å². The molecule has 1 atom stereocenters. The quantitative estimate of drug-likeness (QED) is 0.612. The third-order valence-electron chi connectivity index (χ3n) is 6.64. The number of carbonyl (C=O) groups excluding carboxylic acids is 2. The number of allylic oxidation sites excluding steroid dienone is 2. The van der Waals surface area contributed by atoms with E-state index < -0.39 is 0 Å². The molecule has 3 aromatic carbocycles. The van der Waals surface area contributed by atoms with Crippen LogP contribution in [0.1, 0.15) is 33.2 Å². The summed E-state index contributed by atoms with van der Waals surface area (Å²) in [6.45, 7) is 4.21. The maximum absolute atomic E-state index is 13.4. The fraction of sp³-hybridized carbons (Fsp3) is 0.231. The van der Waals surface area contributed by atoms with Crippen LogP contribution in [-0.4, -0.2) is 47.8 Å². The molecule has 4 nitrogen and oxygen atoms in total. The predicted molar refractivity (Wildman–Crippen MR) is 118 cm³/mol. The Labute approximate surface area is 176 Å². The highest BCUT2D eigenvalue weighted by atomic mass is 16.1. The van der Waals surface area contributed by atoms with Gasteiger partial charge in [0.05, 0.1) is 13.6 Å². The van der Waals surface area contributed by atoms with Crippen LogP contribution < -0.4 is 0 Å². The van der Waals surface area contributed by atoms with Crippen LogP contribution in [0.4, 0.5) is 0 Å². The van der Waals surface area contributed by atoms with Crippen molar-refractivity contribution in [3.05, 3.63) is 94.8 Å². The molecule has 1 aliphatic heterocycles. The monoisotopic (exact) mass is 397 g/mol. The highest BCUT2D eigenvalue weighted by Crippen LogP contribution is 2.38. The number of likely N-dealkylation sites (N-methyl/N-ethyl adjacent to an activating group) is 1. The van der Waals surface area contributed by atoms with Gasteiger partial charge < -0.3 is 4.90 Å². The van der Waals surface area contributed by atoms with Crippen LogP contribution in [0.5, 0.6) is 0 Å². The zero-order valence-electron chi connectivity index (χ0n) is 17.4. The van der Waals surface area contributed by atoms with Gasteiger partial charge in [0.2, 0.25) is 17.3 Å². The molecule has 0 radical (unpaired) electrons. The van der Waals surface area contributed by atoms with Crippen LogP contribution in [0.25, 0.3) is 10.8 Å². The summed E-state index contributed by atoms with van der Waals surface area (Å²) in [5.41, 5.74) is 3.58. The number of nitrogens with zero attached hydrogens (tertiary/aromatic N) is 2. The highest BCUT2D eigenvalue weighted by Gasteiger charge is 2.50.